The van der Waals surface area contributed by atoms with Crippen molar-refractivity contribution in [2.45, 2.75) is 5.75 Å². The number of hydrogen-bond donors (Lipinski definition) is 2. The van der Waals surface area contributed by atoms with E-state index in [0.717, 1.165) is 11.4 Å². The summed E-state index contributed by atoms with van der Waals surface area (Å²) in [4.78, 5) is 8.25. The number of rotatable bonds is 6. The highest BCUT2D eigenvalue weighted by molar-refractivity contribution is 7.99. The normalized spacial score (nSPS) is 10.9. The number of aliphatic hydroxyl groups excluding tert-OH is 1. The fourth-order valence-electron chi connectivity index (χ4n) is 1.11. The van der Waals surface area contributed by atoms with Crippen LogP contribution in [-0.4, -0.2) is 34.8 Å². The topological polar surface area (TPSA) is 81.3 Å². The maximum Gasteiger partial charge on any atom is 0.182 e. The Bertz CT molecular complexity index is 388. The highest BCUT2D eigenvalue weighted by atomic mass is 32.2. The van der Waals surface area contributed by atoms with Gasteiger partial charge in [-0.15, -0.1) is 11.8 Å². The number of amidine groups is 1. The lowest BCUT2D eigenvalue weighted by Crippen LogP contribution is -2.21. The van der Waals surface area contributed by atoms with Gasteiger partial charge >= 0.3 is 0 Å². The second-order valence-electron chi connectivity index (χ2n) is 3.10. The van der Waals surface area contributed by atoms with E-state index in [9.17, 15) is 0 Å². The van der Waals surface area contributed by atoms with Gasteiger partial charge in [-0.25, -0.2) is 0 Å². The number of nitrogens with one attached hydrogen (secondary N) is 1. The molecule has 0 fully saturated rings. The van der Waals surface area contributed by atoms with Crippen LogP contribution in [-0.2, 0) is 5.75 Å². The summed E-state index contributed by atoms with van der Waals surface area (Å²) < 4.78 is 0. The van der Waals surface area contributed by atoms with Gasteiger partial charge in [0.25, 0.3) is 0 Å². The Kier molecular flexibility index (Phi) is 6.79. The van der Waals surface area contributed by atoms with Crippen molar-refractivity contribution in [3.05, 3.63) is 30.1 Å². The number of hydrogen-bond acceptors (Lipinski definition) is 5. The highest BCUT2D eigenvalue weighted by Gasteiger charge is 1.99. The van der Waals surface area contributed by atoms with E-state index in [1.165, 1.54) is 0 Å². The Morgan fingerprint density at radius 2 is 2.47 bits per heavy atom. The second kappa shape index (κ2) is 8.56. The molecule has 90 valence electrons. The fraction of sp³-hybridized carbons (Fsp3) is 0.364. The third kappa shape index (κ3) is 5.90. The number of aliphatic hydroxyl groups is 1. The molecule has 0 bridgehead atoms. The lowest BCUT2D eigenvalue weighted by atomic mass is 10.4. The van der Waals surface area contributed by atoms with E-state index in [-0.39, 0.29) is 6.61 Å². The third-order valence-electron chi connectivity index (χ3n) is 1.82. The van der Waals surface area contributed by atoms with Gasteiger partial charge in [0.2, 0.25) is 0 Å². The monoisotopic (exact) mass is 250 g/mol. The van der Waals surface area contributed by atoms with Gasteiger partial charge in [0.15, 0.2) is 6.19 Å². The predicted octanol–water partition coefficient (Wildman–Crippen LogP) is 0.776. The molecule has 0 spiro atoms. The summed E-state index contributed by atoms with van der Waals surface area (Å²) in [5.74, 6) is 1.96. The van der Waals surface area contributed by atoms with Gasteiger partial charge in [-0.1, -0.05) is 6.07 Å². The molecule has 0 amide bonds. The molecule has 6 heteroatoms. The minimum absolute atomic E-state index is 0.0124. The Labute approximate surface area is 105 Å². The standard InChI is InChI=1S/C11H14N4OS/c12-9-15-11(14-5-6-16)8-17-7-10-3-1-2-4-13-10/h1-4,16H,5-8H2,(H,14,15). The second-order valence-corrected chi connectivity index (χ2v) is 4.09. The fourth-order valence-corrected chi connectivity index (χ4v) is 1.95. The van der Waals surface area contributed by atoms with Crippen molar-refractivity contribution in [3.8, 4) is 6.19 Å². The number of nitriles is 1. The maximum absolute atomic E-state index is 8.65. The number of thioether (sulfide) groups is 1. The Morgan fingerprint density at radius 3 is 3.12 bits per heavy atom. The molecule has 1 heterocycles. The van der Waals surface area contributed by atoms with Crippen LogP contribution in [0.3, 0.4) is 0 Å². The van der Waals surface area contributed by atoms with Crippen LogP contribution in [0.4, 0.5) is 0 Å². The van der Waals surface area contributed by atoms with E-state index < -0.39 is 0 Å². The van der Waals surface area contributed by atoms with E-state index in [0.29, 0.717) is 18.1 Å². The molecule has 0 aliphatic heterocycles. The molecule has 0 unspecified atom stereocenters. The molecule has 1 aromatic heterocycles. The van der Waals surface area contributed by atoms with Gasteiger partial charge in [0, 0.05) is 11.9 Å². The predicted molar refractivity (Wildman–Crippen MR) is 68.5 cm³/mol. The zero-order chi connectivity index (χ0) is 12.3. The Morgan fingerprint density at radius 1 is 1.59 bits per heavy atom. The van der Waals surface area contributed by atoms with Gasteiger partial charge in [-0.3, -0.25) is 15.3 Å². The lowest BCUT2D eigenvalue weighted by Gasteiger charge is -2.03. The first-order chi connectivity index (χ1) is 8.36. The van der Waals surface area contributed by atoms with Crippen molar-refractivity contribution < 1.29 is 5.11 Å². The lowest BCUT2D eigenvalue weighted by molar-refractivity contribution is 0.307. The van der Waals surface area contributed by atoms with E-state index in [4.69, 9.17) is 10.4 Å². The van der Waals surface area contributed by atoms with Crippen LogP contribution in [0.5, 0.6) is 0 Å². The first kappa shape index (κ1) is 13.5. The number of aliphatic imine (C=N–C) groups is 1. The molecule has 0 saturated carbocycles. The zero-order valence-electron chi connectivity index (χ0n) is 9.33. The van der Waals surface area contributed by atoms with Crippen LogP contribution in [0.25, 0.3) is 0 Å². The first-order valence-electron chi connectivity index (χ1n) is 5.13. The number of nitrogens with zero attached hydrogens (tertiary/aromatic N) is 3. The summed E-state index contributed by atoms with van der Waals surface area (Å²) in [7, 11) is 0. The molecule has 0 aliphatic rings. The molecule has 0 saturated heterocycles. The molecule has 0 aromatic carbocycles. The summed E-state index contributed by atoms with van der Waals surface area (Å²) in [6, 6.07) is 5.77. The summed E-state index contributed by atoms with van der Waals surface area (Å²) in [6.45, 7) is 0.301. The van der Waals surface area contributed by atoms with E-state index in [1.807, 2.05) is 24.4 Å². The molecule has 0 radical (unpaired) electrons. The molecule has 2 N–H and O–H groups in total. The van der Waals surface area contributed by atoms with Crippen molar-refractivity contribution in [2.75, 3.05) is 18.9 Å². The number of aromatic nitrogens is 1. The molecule has 17 heavy (non-hydrogen) atoms. The van der Waals surface area contributed by atoms with Crippen molar-refractivity contribution in [2.24, 2.45) is 4.99 Å². The third-order valence-corrected chi connectivity index (χ3v) is 2.80. The van der Waals surface area contributed by atoms with Gasteiger partial charge in [-0.05, 0) is 12.1 Å². The van der Waals surface area contributed by atoms with Gasteiger partial charge in [-0.2, -0.15) is 5.26 Å². The summed E-state index contributed by atoms with van der Waals surface area (Å²) in [5, 5.41) is 19.7. The van der Waals surface area contributed by atoms with Gasteiger partial charge in [0.1, 0.15) is 5.84 Å². The minimum atomic E-state index is -0.0124. The molecule has 0 atom stereocenters. The number of pyridine rings is 1. The highest BCUT2D eigenvalue weighted by Crippen LogP contribution is 2.09. The van der Waals surface area contributed by atoms with E-state index in [2.05, 4.69) is 15.3 Å². The first-order valence-corrected chi connectivity index (χ1v) is 6.29. The average Bonchev–Trinajstić information content (AvgIpc) is 2.37. The van der Waals surface area contributed by atoms with Crippen LogP contribution >= 0.6 is 11.8 Å². The van der Waals surface area contributed by atoms with E-state index in [1.54, 1.807) is 18.0 Å². The Hall–Kier alpha value is -1.58. The summed E-state index contributed by atoms with van der Waals surface area (Å²) in [6.07, 6.45) is 3.59. The van der Waals surface area contributed by atoms with Crippen molar-refractivity contribution in [1.82, 2.24) is 10.3 Å². The van der Waals surface area contributed by atoms with Crippen LogP contribution in [0.2, 0.25) is 0 Å². The summed E-state index contributed by atoms with van der Waals surface area (Å²) >= 11 is 1.62. The van der Waals surface area contributed by atoms with Crippen LogP contribution in [0, 0.1) is 11.5 Å². The molecule has 1 rings (SSSR count). The minimum Gasteiger partial charge on any atom is -0.394 e. The smallest absolute Gasteiger partial charge is 0.182 e. The molecule has 1 aromatic rings. The molecular formula is C11H14N4OS. The van der Waals surface area contributed by atoms with Crippen molar-refractivity contribution in [1.29, 1.82) is 5.26 Å². The molecule has 5 nitrogen and oxygen atoms in total. The van der Waals surface area contributed by atoms with Crippen molar-refractivity contribution in [3.63, 3.8) is 0 Å². The summed E-state index contributed by atoms with van der Waals surface area (Å²) in [5.41, 5.74) is 0.996. The van der Waals surface area contributed by atoms with Gasteiger partial charge < -0.3 is 5.11 Å². The van der Waals surface area contributed by atoms with Crippen LogP contribution in [0.15, 0.2) is 29.4 Å². The largest absolute Gasteiger partial charge is 0.394 e. The average molecular weight is 250 g/mol. The van der Waals surface area contributed by atoms with Crippen molar-refractivity contribution >= 4 is 17.6 Å². The van der Waals surface area contributed by atoms with Gasteiger partial charge in [0.05, 0.1) is 24.6 Å². The van der Waals surface area contributed by atoms with E-state index >= 15 is 0 Å². The molecule has 0 aliphatic carbocycles. The van der Waals surface area contributed by atoms with Crippen LogP contribution in [0.1, 0.15) is 5.69 Å². The quantitative estimate of drug-likeness (QED) is 0.337. The maximum atomic E-state index is 8.65. The zero-order valence-corrected chi connectivity index (χ0v) is 10.2. The SMILES string of the molecule is N#CNC(CSCc1ccccn1)=NCCO. The molecular weight excluding hydrogens is 236 g/mol. The Balaban J connectivity index is 2.35. The van der Waals surface area contributed by atoms with Crippen LogP contribution < -0.4 is 5.32 Å².